The number of amides is 1. The first-order valence-electron chi connectivity index (χ1n) is 10.4. The van der Waals surface area contributed by atoms with E-state index in [9.17, 15) is 9.90 Å². The number of aryl methyl sites for hydroxylation is 1. The van der Waals surface area contributed by atoms with E-state index < -0.39 is 23.1 Å². The molecule has 2 aromatic heterocycles. The van der Waals surface area contributed by atoms with Crippen LogP contribution in [-0.2, 0) is 25.7 Å². The van der Waals surface area contributed by atoms with Crippen LogP contribution < -0.4 is 0 Å². The van der Waals surface area contributed by atoms with Gasteiger partial charge in [-0.15, -0.1) is 0 Å². The van der Waals surface area contributed by atoms with E-state index in [-0.39, 0.29) is 24.3 Å². The van der Waals surface area contributed by atoms with Gasteiger partial charge in [-0.05, 0) is 37.1 Å². The number of rotatable bonds is 4. The van der Waals surface area contributed by atoms with Gasteiger partial charge in [-0.2, -0.15) is 5.10 Å². The van der Waals surface area contributed by atoms with Crippen LogP contribution in [0.4, 0.5) is 8.78 Å². The zero-order chi connectivity index (χ0) is 23.5. The molecule has 168 valence electrons. The highest BCUT2D eigenvalue weighted by atomic mass is 19.1. The molecule has 0 fully saturated rings. The van der Waals surface area contributed by atoms with Gasteiger partial charge >= 0.3 is 0 Å². The normalized spacial score (nSPS) is 13.8. The highest BCUT2D eigenvalue weighted by Crippen LogP contribution is 2.36. The molecule has 4 aromatic rings. The lowest BCUT2D eigenvalue weighted by Crippen LogP contribution is -2.25. The second-order valence-corrected chi connectivity index (χ2v) is 8.72. The van der Waals surface area contributed by atoms with Crippen molar-refractivity contribution in [2.24, 2.45) is 7.05 Å². The van der Waals surface area contributed by atoms with Crippen molar-refractivity contribution in [3.05, 3.63) is 77.0 Å². The fourth-order valence-electron chi connectivity index (χ4n) is 4.26. The predicted molar refractivity (Wildman–Crippen MR) is 117 cm³/mol. The number of benzene rings is 2. The molecule has 0 atom stereocenters. The summed E-state index contributed by atoms with van der Waals surface area (Å²) in [6, 6.07) is 5.96. The standard InChI is InChI=1S/C24H21F2N5O2/c1-24(2,33)17-5-4-14(15-10-30(3)29-21(15)17)13-8-18(25)16(19(26)9-13)11-31-12-20-22(23(31)32)28-7-6-27-20/h4-10,33H,11-12H2,1-3H3. The van der Waals surface area contributed by atoms with Crippen LogP contribution in [0, 0.1) is 11.6 Å². The molecule has 9 heteroatoms. The Hall–Kier alpha value is -3.72. The smallest absolute Gasteiger partial charge is 0.275 e. The molecule has 0 bridgehead atoms. The average Bonchev–Trinajstić information content (AvgIpc) is 3.28. The number of fused-ring (bicyclic) bond motifs is 2. The van der Waals surface area contributed by atoms with Crippen LogP contribution in [0.3, 0.4) is 0 Å². The Kier molecular flexibility index (Phi) is 4.75. The molecule has 0 spiro atoms. The summed E-state index contributed by atoms with van der Waals surface area (Å²) in [6.45, 7) is 3.24. The molecule has 3 heterocycles. The SMILES string of the molecule is Cn1cc2c(-c3cc(F)c(CN4Cc5nccnc5C4=O)c(F)c3)ccc(C(C)(C)O)c2n1. The monoisotopic (exact) mass is 449 g/mol. The molecule has 5 rings (SSSR count). The minimum atomic E-state index is -1.13. The third-order valence-electron chi connectivity index (χ3n) is 5.86. The molecule has 1 aliphatic heterocycles. The van der Waals surface area contributed by atoms with Crippen molar-refractivity contribution in [2.45, 2.75) is 32.5 Å². The van der Waals surface area contributed by atoms with E-state index >= 15 is 8.78 Å². The molecule has 1 amide bonds. The Balaban J connectivity index is 1.53. The lowest BCUT2D eigenvalue weighted by atomic mass is 9.91. The molecular weight excluding hydrogens is 428 g/mol. The molecule has 0 saturated carbocycles. The molecule has 1 aliphatic rings. The van der Waals surface area contributed by atoms with Crippen LogP contribution >= 0.6 is 0 Å². The van der Waals surface area contributed by atoms with Gasteiger partial charge < -0.3 is 10.0 Å². The summed E-state index contributed by atoms with van der Waals surface area (Å²) in [4.78, 5) is 22.0. The second-order valence-electron chi connectivity index (χ2n) is 8.72. The molecule has 0 unspecified atom stereocenters. The number of carbonyl (C=O) groups excluding carboxylic acids is 1. The van der Waals surface area contributed by atoms with Crippen molar-refractivity contribution in [2.75, 3.05) is 0 Å². The number of nitrogens with zero attached hydrogens (tertiary/aromatic N) is 5. The van der Waals surface area contributed by atoms with Crippen molar-refractivity contribution < 1.29 is 18.7 Å². The summed E-state index contributed by atoms with van der Waals surface area (Å²) < 4.78 is 31.8. The maximum atomic E-state index is 15.1. The zero-order valence-corrected chi connectivity index (χ0v) is 18.3. The molecule has 0 radical (unpaired) electrons. The highest BCUT2D eigenvalue weighted by Gasteiger charge is 2.31. The van der Waals surface area contributed by atoms with Gasteiger partial charge in [0.1, 0.15) is 11.6 Å². The van der Waals surface area contributed by atoms with Gasteiger partial charge in [0.15, 0.2) is 5.69 Å². The predicted octanol–water partition coefficient (Wildman–Crippen LogP) is 3.69. The van der Waals surface area contributed by atoms with Gasteiger partial charge in [0.05, 0.1) is 29.9 Å². The molecular formula is C24H21F2N5O2. The lowest BCUT2D eigenvalue weighted by molar-refractivity contribution is 0.0758. The van der Waals surface area contributed by atoms with Crippen LogP contribution in [0.25, 0.3) is 22.0 Å². The maximum Gasteiger partial charge on any atom is 0.275 e. The lowest BCUT2D eigenvalue weighted by Gasteiger charge is -2.19. The average molecular weight is 449 g/mol. The van der Waals surface area contributed by atoms with Crippen LogP contribution in [0.1, 0.15) is 41.2 Å². The van der Waals surface area contributed by atoms with Gasteiger partial charge in [-0.1, -0.05) is 12.1 Å². The Morgan fingerprint density at radius 2 is 1.82 bits per heavy atom. The molecule has 2 aromatic carbocycles. The largest absolute Gasteiger partial charge is 0.386 e. The Morgan fingerprint density at radius 1 is 1.12 bits per heavy atom. The molecule has 0 saturated heterocycles. The first kappa shape index (κ1) is 21.1. The first-order chi connectivity index (χ1) is 15.6. The fourth-order valence-corrected chi connectivity index (χ4v) is 4.26. The van der Waals surface area contributed by atoms with E-state index in [1.54, 1.807) is 43.9 Å². The van der Waals surface area contributed by atoms with E-state index in [0.29, 0.717) is 33.3 Å². The molecule has 33 heavy (non-hydrogen) atoms. The number of halogens is 2. The topological polar surface area (TPSA) is 84.1 Å². The van der Waals surface area contributed by atoms with Crippen molar-refractivity contribution in [3.8, 4) is 11.1 Å². The summed E-state index contributed by atoms with van der Waals surface area (Å²) in [5.41, 5.74) is 1.49. The van der Waals surface area contributed by atoms with Gasteiger partial charge in [-0.25, -0.2) is 13.8 Å². The van der Waals surface area contributed by atoms with Crippen molar-refractivity contribution in [3.63, 3.8) is 0 Å². The van der Waals surface area contributed by atoms with Gasteiger partial charge in [-0.3, -0.25) is 14.5 Å². The molecule has 1 N–H and O–H groups in total. The van der Waals surface area contributed by atoms with E-state index in [1.165, 1.54) is 29.4 Å². The van der Waals surface area contributed by atoms with Crippen LogP contribution in [0.5, 0.6) is 0 Å². The third-order valence-corrected chi connectivity index (χ3v) is 5.86. The molecule has 7 nitrogen and oxygen atoms in total. The summed E-state index contributed by atoms with van der Waals surface area (Å²) >= 11 is 0. The minimum absolute atomic E-state index is 0.150. The highest BCUT2D eigenvalue weighted by molar-refractivity contribution is 5.97. The Labute approximate surface area is 188 Å². The maximum absolute atomic E-state index is 15.1. The number of hydrogen-bond acceptors (Lipinski definition) is 5. The number of hydrogen-bond donors (Lipinski definition) is 1. The third kappa shape index (κ3) is 3.54. The van der Waals surface area contributed by atoms with Crippen LogP contribution in [0.2, 0.25) is 0 Å². The summed E-state index contributed by atoms with van der Waals surface area (Å²) in [5.74, 6) is -1.91. The number of carbonyl (C=O) groups is 1. The van der Waals surface area contributed by atoms with Crippen LogP contribution in [0.15, 0.2) is 42.9 Å². The molecule has 0 aliphatic carbocycles. The summed E-state index contributed by atoms with van der Waals surface area (Å²) in [7, 11) is 1.75. The van der Waals surface area contributed by atoms with Crippen molar-refractivity contribution in [1.82, 2.24) is 24.6 Å². The Morgan fingerprint density at radius 3 is 2.48 bits per heavy atom. The van der Waals surface area contributed by atoms with Gasteiger partial charge in [0.25, 0.3) is 5.91 Å². The van der Waals surface area contributed by atoms with E-state index in [2.05, 4.69) is 15.1 Å². The van der Waals surface area contributed by atoms with Gasteiger partial charge in [0.2, 0.25) is 0 Å². The number of aliphatic hydroxyl groups is 1. The number of aromatic nitrogens is 4. The fraction of sp³-hybridized carbons (Fsp3) is 0.250. The van der Waals surface area contributed by atoms with E-state index in [4.69, 9.17) is 0 Å². The first-order valence-corrected chi connectivity index (χ1v) is 10.4. The quantitative estimate of drug-likeness (QED) is 0.514. The van der Waals surface area contributed by atoms with Crippen molar-refractivity contribution in [1.29, 1.82) is 0 Å². The van der Waals surface area contributed by atoms with Gasteiger partial charge in [0, 0.05) is 42.2 Å². The van der Waals surface area contributed by atoms with Crippen LogP contribution in [-0.4, -0.2) is 35.7 Å². The second kappa shape index (κ2) is 7.41. The zero-order valence-electron chi connectivity index (χ0n) is 18.3. The van der Waals surface area contributed by atoms with Crippen molar-refractivity contribution >= 4 is 16.8 Å². The summed E-state index contributed by atoms with van der Waals surface area (Å²) in [5, 5.41) is 15.6. The Bertz CT molecular complexity index is 1400. The van der Waals surface area contributed by atoms with E-state index in [0.717, 1.165) is 0 Å². The van der Waals surface area contributed by atoms with E-state index in [1.807, 2.05) is 0 Å². The summed E-state index contributed by atoms with van der Waals surface area (Å²) in [6.07, 6.45) is 4.65. The minimum Gasteiger partial charge on any atom is -0.386 e.